The summed E-state index contributed by atoms with van der Waals surface area (Å²) in [5.41, 5.74) is 2.69. The topological polar surface area (TPSA) is 76.4 Å². The molecule has 2 N–H and O–H groups in total. The number of non-ortho nitro benzene ring substituents is 1. The third kappa shape index (κ3) is 7.83. The molecule has 0 heterocycles. The van der Waals surface area contributed by atoms with Crippen LogP contribution in [0.4, 0.5) is 11.4 Å². The lowest BCUT2D eigenvalue weighted by Gasteiger charge is -2.14. The largest absolute Gasteiger partial charge is 0.489 e. The van der Waals surface area contributed by atoms with Crippen molar-refractivity contribution in [3.05, 3.63) is 96.4 Å². The molecule has 0 amide bonds. The number of anilines is 1. The van der Waals surface area contributed by atoms with Crippen LogP contribution in [0.2, 0.25) is 10.0 Å². The lowest BCUT2D eigenvalue weighted by Crippen LogP contribution is -2.22. The Labute approximate surface area is 210 Å². The third-order valence-corrected chi connectivity index (χ3v) is 5.48. The highest BCUT2D eigenvalue weighted by Gasteiger charge is 2.09. The van der Waals surface area contributed by atoms with E-state index in [1.807, 2.05) is 42.5 Å². The van der Waals surface area contributed by atoms with Gasteiger partial charge >= 0.3 is 0 Å². The van der Waals surface area contributed by atoms with E-state index in [9.17, 15) is 10.1 Å². The van der Waals surface area contributed by atoms with Gasteiger partial charge in [0.15, 0.2) is 0 Å². The predicted octanol–water partition coefficient (Wildman–Crippen LogP) is 6.87. The molecule has 0 aliphatic carbocycles. The molecule has 0 radical (unpaired) electrons. The van der Waals surface area contributed by atoms with Crippen LogP contribution in [0.25, 0.3) is 0 Å². The maximum atomic E-state index is 10.8. The van der Waals surface area contributed by atoms with Gasteiger partial charge < -0.3 is 15.4 Å². The van der Waals surface area contributed by atoms with E-state index in [4.69, 9.17) is 27.9 Å². The minimum atomic E-state index is -0.470. The first-order valence-corrected chi connectivity index (χ1v) is 11.0. The fraction of sp³-hybridized carbons (Fsp3) is 0.182. The number of benzene rings is 3. The van der Waals surface area contributed by atoms with Gasteiger partial charge in [-0.15, -0.1) is 12.4 Å². The van der Waals surface area contributed by atoms with Gasteiger partial charge in [0.2, 0.25) is 0 Å². The molecule has 0 aliphatic rings. The predicted molar refractivity (Wildman–Crippen MR) is 135 cm³/mol. The summed E-state index contributed by atoms with van der Waals surface area (Å²) in [6.45, 7) is 2.33. The van der Waals surface area contributed by atoms with E-state index >= 15 is 0 Å². The maximum absolute atomic E-state index is 10.8. The van der Waals surface area contributed by atoms with Gasteiger partial charge in [0.1, 0.15) is 12.4 Å². The average molecular weight is 562 g/mol. The third-order valence-electron chi connectivity index (χ3n) is 4.43. The number of halogens is 4. The van der Waals surface area contributed by atoms with Gasteiger partial charge in [0, 0.05) is 46.8 Å². The van der Waals surface area contributed by atoms with Crippen molar-refractivity contribution in [3.8, 4) is 5.75 Å². The van der Waals surface area contributed by atoms with Gasteiger partial charge in [-0.3, -0.25) is 10.1 Å². The molecule has 0 fully saturated rings. The number of nitro groups is 1. The maximum Gasteiger partial charge on any atom is 0.271 e. The number of ether oxygens (including phenoxy) is 1. The van der Waals surface area contributed by atoms with Gasteiger partial charge in [0.25, 0.3) is 5.69 Å². The summed E-state index contributed by atoms with van der Waals surface area (Å²) < 4.78 is 6.97. The molecule has 10 heteroatoms. The standard InChI is InChI=1S/C22H20BrCl2N3O3.ClH/c23-17-3-8-22(31-14-15-1-4-18(24)5-2-15)16(11-17)13-26-9-10-27-21-7-6-19(28(29)30)12-20(21)25;/h1-8,11-12,26-27H,9-10,13-14H2;1H. The zero-order chi connectivity index (χ0) is 22.2. The molecular formula is C22H21BrCl3N3O3. The zero-order valence-electron chi connectivity index (χ0n) is 16.8. The van der Waals surface area contributed by atoms with E-state index in [2.05, 4.69) is 26.6 Å². The van der Waals surface area contributed by atoms with Crippen molar-refractivity contribution in [3.63, 3.8) is 0 Å². The summed E-state index contributed by atoms with van der Waals surface area (Å²) in [4.78, 5) is 10.3. The summed E-state index contributed by atoms with van der Waals surface area (Å²) in [5.74, 6) is 0.803. The van der Waals surface area contributed by atoms with Crippen LogP contribution in [0.1, 0.15) is 11.1 Å². The van der Waals surface area contributed by atoms with Crippen molar-refractivity contribution in [2.45, 2.75) is 13.2 Å². The Bertz CT molecular complexity index is 1050. The number of hydrogen-bond donors (Lipinski definition) is 2. The molecular weight excluding hydrogens is 541 g/mol. The van der Waals surface area contributed by atoms with E-state index < -0.39 is 4.92 Å². The summed E-state index contributed by atoms with van der Waals surface area (Å²) in [5, 5.41) is 18.3. The first-order valence-electron chi connectivity index (χ1n) is 9.46. The van der Waals surface area contributed by atoms with Gasteiger partial charge in [-0.25, -0.2) is 0 Å². The Balaban J connectivity index is 0.00000363. The Kier molecular flexibility index (Phi) is 10.5. The fourth-order valence-corrected chi connectivity index (χ4v) is 3.61. The van der Waals surface area contributed by atoms with Crippen molar-refractivity contribution in [1.82, 2.24) is 5.32 Å². The smallest absolute Gasteiger partial charge is 0.271 e. The van der Waals surface area contributed by atoms with Crippen molar-refractivity contribution in [2.24, 2.45) is 0 Å². The molecule has 0 spiro atoms. The highest BCUT2D eigenvalue weighted by Crippen LogP contribution is 2.27. The fourth-order valence-electron chi connectivity index (χ4n) is 2.84. The lowest BCUT2D eigenvalue weighted by atomic mass is 10.2. The molecule has 0 bridgehead atoms. The molecule has 32 heavy (non-hydrogen) atoms. The van der Waals surface area contributed by atoms with Gasteiger partial charge in [-0.1, -0.05) is 51.3 Å². The Hall–Kier alpha value is -2.03. The van der Waals surface area contributed by atoms with Crippen LogP contribution in [0, 0.1) is 10.1 Å². The van der Waals surface area contributed by atoms with Crippen LogP contribution in [-0.2, 0) is 13.2 Å². The van der Waals surface area contributed by atoms with Crippen molar-refractivity contribution in [1.29, 1.82) is 0 Å². The number of hydrogen-bond acceptors (Lipinski definition) is 5. The first-order chi connectivity index (χ1) is 14.9. The quantitative estimate of drug-likeness (QED) is 0.161. The second-order valence-corrected chi connectivity index (χ2v) is 8.45. The minimum absolute atomic E-state index is 0. The van der Waals surface area contributed by atoms with E-state index in [0.717, 1.165) is 21.3 Å². The molecule has 3 aromatic rings. The van der Waals surface area contributed by atoms with Crippen LogP contribution in [0.3, 0.4) is 0 Å². The highest BCUT2D eigenvalue weighted by atomic mass is 79.9. The monoisotopic (exact) mass is 559 g/mol. The molecule has 3 rings (SSSR count). The molecule has 0 saturated carbocycles. The average Bonchev–Trinajstić information content (AvgIpc) is 2.75. The van der Waals surface area contributed by atoms with Crippen LogP contribution < -0.4 is 15.4 Å². The zero-order valence-corrected chi connectivity index (χ0v) is 20.7. The molecule has 170 valence electrons. The Morgan fingerprint density at radius 3 is 2.44 bits per heavy atom. The molecule has 0 saturated heterocycles. The van der Waals surface area contributed by atoms with Crippen LogP contribution in [0.5, 0.6) is 5.75 Å². The van der Waals surface area contributed by atoms with Crippen molar-refractivity contribution >= 4 is 62.9 Å². The number of nitrogens with zero attached hydrogens (tertiary/aromatic N) is 1. The normalized spacial score (nSPS) is 10.3. The molecule has 0 aliphatic heterocycles. The second-order valence-electron chi connectivity index (χ2n) is 6.69. The molecule has 0 unspecified atom stereocenters. The summed E-state index contributed by atoms with van der Waals surface area (Å²) in [6.07, 6.45) is 0. The first kappa shape index (κ1) is 26.2. The highest BCUT2D eigenvalue weighted by molar-refractivity contribution is 9.10. The van der Waals surface area contributed by atoms with Crippen LogP contribution >= 0.6 is 51.5 Å². The molecule has 6 nitrogen and oxygen atoms in total. The van der Waals surface area contributed by atoms with Gasteiger partial charge in [0.05, 0.1) is 15.6 Å². The summed E-state index contributed by atoms with van der Waals surface area (Å²) >= 11 is 15.5. The lowest BCUT2D eigenvalue weighted by molar-refractivity contribution is -0.384. The van der Waals surface area contributed by atoms with E-state index in [1.54, 1.807) is 6.07 Å². The summed E-state index contributed by atoms with van der Waals surface area (Å²) in [7, 11) is 0. The molecule has 0 atom stereocenters. The van der Waals surface area contributed by atoms with Crippen molar-refractivity contribution in [2.75, 3.05) is 18.4 Å². The van der Waals surface area contributed by atoms with E-state index in [0.29, 0.717) is 42.0 Å². The van der Waals surface area contributed by atoms with Gasteiger partial charge in [-0.05, 0) is 42.0 Å². The van der Waals surface area contributed by atoms with Crippen LogP contribution in [0.15, 0.2) is 65.1 Å². The van der Waals surface area contributed by atoms with Crippen molar-refractivity contribution < 1.29 is 9.66 Å². The van der Waals surface area contributed by atoms with Crippen LogP contribution in [-0.4, -0.2) is 18.0 Å². The summed E-state index contributed by atoms with van der Waals surface area (Å²) in [6, 6.07) is 17.8. The SMILES string of the molecule is Cl.O=[N+]([O-])c1ccc(NCCNCc2cc(Br)ccc2OCc2ccc(Cl)cc2)c(Cl)c1. The van der Waals surface area contributed by atoms with E-state index in [-0.39, 0.29) is 18.1 Å². The Morgan fingerprint density at radius 2 is 1.75 bits per heavy atom. The number of rotatable bonds is 10. The molecule has 0 aromatic heterocycles. The minimum Gasteiger partial charge on any atom is -0.489 e. The van der Waals surface area contributed by atoms with E-state index in [1.165, 1.54) is 12.1 Å². The molecule has 3 aromatic carbocycles. The number of nitro benzene ring substituents is 1. The Morgan fingerprint density at radius 1 is 1.00 bits per heavy atom. The number of nitrogens with one attached hydrogen (secondary N) is 2. The second kappa shape index (κ2) is 12.9. The van der Waals surface area contributed by atoms with Gasteiger partial charge in [-0.2, -0.15) is 0 Å².